The Morgan fingerprint density at radius 1 is 1.45 bits per heavy atom. The Morgan fingerprint density at radius 2 is 2.20 bits per heavy atom. The third-order valence-corrected chi connectivity index (χ3v) is 5.18. The van der Waals surface area contributed by atoms with Gasteiger partial charge in [-0.25, -0.2) is 13.4 Å². The molecule has 7 heteroatoms. The summed E-state index contributed by atoms with van der Waals surface area (Å²) in [5.41, 5.74) is 0.483. The predicted octanol–water partition coefficient (Wildman–Crippen LogP) is 0.312. The van der Waals surface area contributed by atoms with Crippen molar-refractivity contribution in [2.24, 2.45) is 5.92 Å². The van der Waals surface area contributed by atoms with E-state index in [0.717, 1.165) is 5.82 Å². The van der Waals surface area contributed by atoms with Crippen LogP contribution in [0.3, 0.4) is 0 Å². The molecular formula is C13H19N3O3S. The number of carbonyl (C=O) groups excluding carboxylic acids is 1. The summed E-state index contributed by atoms with van der Waals surface area (Å²) in [6, 6.07) is 3.48. The van der Waals surface area contributed by atoms with Gasteiger partial charge in [-0.1, -0.05) is 0 Å². The van der Waals surface area contributed by atoms with Crippen LogP contribution in [0.2, 0.25) is 0 Å². The minimum atomic E-state index is -2.89. The molecule has 1 saturated heterocycles. The van der Waals surface area contributed by atoms with E-state index in [1.165, 1.54) is 6.20 Å². The Balaban J connectivity index is 1.89. The van der Waals surface area contributed by atoms with Gasteiger partial charge in [0.15, 0.2) is 9.84 Å². The SMILES string of the molecule is CN(C)c1ccc(C(=O)NCC2CCS(=O)(=O)C2)cn1. The second kappa shape index (κ2) is 5.78. The smallest absolute Gasteiger partial charge is 0.252 e. The molecule has 0 aromatic carbocycles. The average Bonchev–Trinajstić information content (AvgIpc) is 2.75. The number of hydrogen-bond donors (Lipinski definition) is 1. The molecule has 1 aliphatic rings. The van der Waals surface area contributed by atoms with Gasteiger partial charge in [0.25, 0.3) is 5.91 Å². The molecule has 1 aromatic rings. The van der Waals surface area contributed by atoms with Crippen molar-refractivity contribution >= 4 is 21.6 Å². The molecule has 1 amide bonds. The van der Waals surface area contributed by atoms with Crippen LogP contribution in [0.15, 0.2) is 18.3 Å². The minimum Gasteiger partial charge on any atom is -0.363 e. The van der Waals surface area contributed by atoms with Crippen molar-refractivity contribution in [3.8, 4) is 0 Å². The maximum atomic E-state index is 11.9. The van der Waals surface area contributed by atoms with Crippen LogP contribution in [0.25, 0.3) is 0 Å². The summed E-state index contributed by atoms with van der Waals surface area (Å²) in [6.45, 7) is 0.396. The number of nitrogens with zero attached hydrogens (tertiary/aromatic N) is 2. The number of rotatable bonds is 4. The fourth-order valence-corrected chi connectivity index (χ4v) is 4.02. The summed E-state index contributed by atoms with van der Waals surface area (Å²) < 4.78 is 22.7. The Bertz CT molecular complexity index is 581. The van der Waals surface area contributed by atoms with Gasteiger partial charge in [0.2, 0.25) is 0 Å². The van der Waals surface area contributed by atoms with Gasteiger partial charge in [0, 0.05) is 26.8 Å². The van der Waals surface area contributed by atoms with E-state index in [1.807, 2.05) is 19.0 Å². The molecule has 2 rings (SSSR count). The van der Waals surface area contributed by atoms with Gasteiger partial charge in [0.05, 0.1) is 17.1 Å². The van der Waals surface area contributed by atoms with E-state index in [0.29, 0.717) is 18.5 Å². The second-order valence-corrected chi connectivity index (χ2v) is 7.51. The zero-order valence-electron chi connectivity index (χ0n) is 11.7. The van der Waals surface area contributed by atoms with E-state index in [9.17, 15) is 13.2 Å². The lowest BCUT2D eigenvalue weighted by atomic mass is 10.1. The molecule has 1 N–H and O–H groups in total. The number of carbonyl (C=O) groups is 1. The quantitative estimate of drug-likeness (QED) is 0.865. The van der Waals surface area contributed by atoms with E-state index in [4.69, 9.17) is 0 Å². The second-order valence-electron chi connectivity index (χ2n) is 5.28. The Hall–Kier alpha value is -1.63. The Morgan fingerprint density at radius 3 is 2.70 bits per heavy atom. The van der Waals surface area contributed by atoms with Crippen LogP contribution >= 0.6 is 0 Å². The van der Waals surface area contributed by atoms with E-state index < -0.39 is 9.84 Å². The molecule has 20 heavy (non-hydrogen) atoms. The summed E-state index contributed by atoms with van der Waals surface area (Å²) in [6.07, 6.45) is 2.15. The van der Waals surface area contributed by atoms with Gasteiger partial charge in [-0.3, -0.25) is 4.79 Å². The van der Waals surface area contributed by atoms with Crippen molar-refractivity contribution in [1.82, 2.24) is 10.3 Å². The van der Waals surface area contributed by atoms with Crippen LogP contribution < -0.4 is 10.2 Å². The summed E-state index contributed by atoms with van der Waals surface area (Å²) in [4.78, 5) is 18.0. The third-order valence-electron chi connectivity index (χ3n) is 3.35. The Labute approximate surface area is 119 Å². The topological polar surface area (TPSA) is 79.4 Å². The zero-order valence-corrected chi connectivity index (χ0v) is 12.5. The molecule has 1 fully saturated rings. The normalized spacial score (nSPS) is 20.6. The van der Waals surface area contributed by atoms with Gasteiger partial charge >= 0.3 is 0 Å². The highest BCUT2D eigenvalue weighted by molar-refractivity contribution is 7.91. The number of sulfone groups is 1. The summed E-state index contributed by atoms with van der Waals surface area (Å²) in [5.74, 6) is 0.992. The lowest BCUT2D eigenvalue weighted by Gasteiger charge is -2.12. The van der Waals surface area contributed by atoms with E-state index in [-0.39, 0.29) is 23.3 Å². The molecule has 1 atom stereocenters. The number of pyridine rings is 1. The number of anilines is 1. The van der Waals surface area contributed by atoms with Crippen LogP contribution in [0.1, 0.15) is 16.8 Å². The highest BCUT2D eigenvalue weighted by Crippen LogP contribution is 2.17. The summed E-state index contributed by atoms with van der Waals surface area (Å²) in [7, 11) is 0.863. The number of amides is 1. The monoisotopic (exact) mass is 297 g/mol. The first-order valence-corrected chi connectivity index (χ1v) is 8.31. The van der Waals surface area contributed by atoms with Crippen molar-refractivity contribution in [3.05, 3.63) is 23.9 Å². The molecule has 0 spiro atoms. The standard InChI is InChI=1S/C13H19N3O3S/c1-16(2)12-4-3-11(8-14-12)13(17)15-7-10-5-6-20(18,19)9-10/h3-4,8,10H,5-7,9H2,1-2H3,(H,15,17). The average molecular weight is 297 g/mol. The maximum Gasteiger partial charge on any atom is 0.252 e. The maximum absolute atomic E-state index is 11.9. The molecule has 0 radical (unpaired) electrons. The van der Waals surface area contributed by atoms with Crippen molar-refractivity contribution in [2.45, 2.75) is 6.42 Å². The van der Waals surface area contributed by atoms with Crippen LogP contribution in [0.4, 0.5) is 5.82 Å². The van der Waals surface area contributed by atoms with Gasteiger partial charge in [-0.05, 0) is 24.5 Å². The van der Waals surface area contributed by atoms with Crippen LogP contribution in [-0.2, 0) is 9.84 Å². The first-order chi connectivity index (χ1) is 9.37. The van der Waals surface area contributed by atoms with Crippen LogP contribution in [-0.4, -0.2) is 51.5 Å². The molecular weight excluding hydrogens is 278 g/mol. The lowest BCUT2D eigenvalue weighted by Crippen LogP contribution is -2.30. The number of hydrogen-bond acceptors (Lipinski definition) is 5. The van der Waals surface area contributed by atoms with E-state index in [2.05, 4.69) is 10.3 Å². The molecule has 6 nitrogen and oxygen atoms in total. The molecule has 1 unspecified atom stereocenters. The molecule has 1 aliphatic heterocycles. The highest BCUT2D eigenvalue weighted by Gasteiger charge is 2.27. The van der Waals surface area contributed by atoms with Crippen LogP contribution in [0.5, 0.6) is 0 Å². The lowest BCUT2D eigenvalue weighted by molar-refractivity contribution is 0.0948. The molecule has 0 bridgehead atoms. The van der Waals surface area contributed by atoms with Crippen molar-refractivity contribution in [2.75, 3.05) is 37.0 Å². The van der Waals surface area contributed by atoms with Gasteiger partial charge in [-0.15, -0.1) is 0 Å². The third kappa shape index (κ3) is 3.69. The van der Waals surface area contributed by atoms with E-state index >= 15 is 0 Å². The van der Waals surface area contributed by atoms with Gasteiger partial charge < -0.3 is 10.2 Å². The van der Waals surface area contributed by atoms with Crippen molar-refractivity contribution in [1.29, 1.82) is 0 Å². The van der Waals surface area contributed by atoms with E-state index in [1.54, 1.807) is 12.1 Å². The molecule has 1 aromatic heterocycles. The first-order valence-electron chi connectivity index (χ1n) is 6.49. The molecule has 0 aliphatic carbocycles. The van der Waals surface area contributed by atoms with Crippen molar-refractivity contribution < 1.29 is 13.2 Å². The highest BCUT2D eigenvalue weighted by atomic mass is 32.2. The summed E-state index contributed by atoms with van der Waals surface area (Å²) in [5, 5.41) is 2.77. The largest absolute Gasteiger partial charge is 0.363 e. The van der Waals surface area contributed by atoms with Gasteiger partial charge in [-0.2, -0.15) is 0 Å². The van der Waals surface area contributed by atoms with Crippen molar-refractivity contribution in [3.63, 3.8) is 0 Å². The number of aromatic nitrogens is 1. The molecule has 2 heterocycles. The summed E-state index contributed by atoms with van der Waals surface area (Å²) >= 11 is 0. The minimum absolute atomic E-state index is 0.0259. The number of nitrogens with one attached hydrogen (secondary N) is 1. The Kier molecular flexibility index (Phi) is 4.27. The molecule has 110 valence electrons. The zero-order chi connectivity index (χ0) is 14.8. The first kappa shape index (κ1) is 14.8. The van der Waals surface area contributed by atoms with Crippen LogP contribution in [0, 0.1) is 5.92 Å². The fourth-order valence-electron chi connectivity index (χ4n) is 2.16. The molecule has 0 saturated carbocycles. The van der Waals surface area contributed by atoms with Gasteiger partial charge in [0.1, 0.15) is 5.82 Å². The fraction of sp³-hybridized carbons (Fsp3) is 0.538. The predicted molar refractivity (Wildman–Crippen MR) is 77.7 cm³/mol.